The fraction of sp³-hybridized carbons (Fsp3) is 0.333. The minimum Gasteiger partial charge on any atom is -0.440 e. The third-order valence-corrected chi connectivity index (χ3v) is 2.86. The van der Waals surface area contributed by atoms with Crippen molar-refractivity contribution in [1.29, 1.82) is 0 Å². The Morgan fingerprint density at radius 1 is 1.53 bits per heavy atom. The van der Waals surface area contributed by atoms with Crippen LogP contribution in [0.4, 0.5) is 0 Å². The number of ether oxygens (including phenoxy) is 1. The van der Waals surface area contributed by atoms with Gasteiger partial charge in [-0.15, -0.1) is 0 Å². The molecule has 5 heteroatoms. The molecule has 17 heavy (non-hydrogen) atoms. The van der Waals surface area contributed by atoms with Crippen LogP contribution in [0.3, 0.4) is 0 Å². The largest absolute Gasteiger partial charge is 0.440 e. The van der Waals surface area contributed by atoms with Gasteiger partial charge in [-0.05, 0) is 19.1 Å². The third-order valence-electron chi connectivity index (χ3n) is 2.40. The third kappa shape index (κ3) is 2.56. The highest BCUT2D eigenvalue weighted by molar-refractivity contribution is 9.10. The lowest BCUT2D eigenvalue weighted by molar-refractivity contribution is 0.101. The molecule has 0 aliphatic heterocycles. The van der Waals surface area contributed by atoms with Crippen molar-refractivity contribution in [3.63, 3.8) is 0 Å². The van der Waals surface area contributed by atoms with Gasteiger partial charge in [-0.3, -0.25) is 4.79 Å². The molecule has 0 fully saturated rings. The monoisotopic (exact) mass is 297 g/mol. The molecule has 2 aromatic rings. The first-order chi connectivity index (χ1) is 8.11. The summed E-state index contributed by atoms with van der Waals surface area (Å²) in [5.41, 5.74) is 1.79. The van der Waals surface area contributed by atoms with Crippen molar-refractivity contribution in [1.82, 2.24) is 4.98 Å². The Hall–Kier alpha value is -1.20. The van der Waals surface area contributed by atoms with E-state index in [0.717, 1.165) is 4.47 Å². The van der Waals surface area contributed by atoms with E-state index in [1.54, 1.807) is 13.2 Å². The number of ketones is 1. The summed E-state index contributed by atoms with van der Waals surface area (Å²) in [5, 5.41) is 0. The number of aromatic nitrogens is 1. The van der Waals surface area contributed by atoms with Gasteiger partial charge in [0.2, 0.25) is 0 Å². The predicted molar refractivity (Wildman–Crippen MR) is 67.3 cm³/mol. The predicted octanol–water partition coefficient (Wildman–Crippen LogP) is 2.98. The molecule has 0 saturated heterocycles. The van der Waals surface area contributed by atoms with Gasteiger partial charge in [-0.25, -0.2) is 4.98 Å². The summed E-state index contributed by atoms with van der Waals surface area (Å²) in [6, 6.07) is 3.58. The second-order valence-corrected chi connectivity index (χ2v) is 4.62. The highest BCUT2D eigenvalue weighted by Gasteiger charge is 2.14. The molecule has 0 radical (unpaired) electrons. The van der Waals surface area contributed by atoms with Crippen LogP contribution < -0.4 is 0 Å². The average Bonchev–Trinajstić information content (AvgIpc) is 2.67. The molecular weight excluding hydrogens is 286 g/mol. The Kier molecular flexibility index (Phi) is 3.59. The van der Waals surface area contributed by atoms with Gasteiger partial charge >= 0.3 is 0 Å². The quantitative estimate of drug-likeness (QED) is 0.814. The normalized spacial score (nSPS) is 11.0. The van der Waals surface area contributed by atoms with Crippen LogP contribution in [-0.4, -0.2) is 24.5 Å². The summed E-state index contributed by atoms with van der Waals surface area (Å²) in [7, 11) is 1.63. The number of carbonyl (C=O) groups excluding carboxylic acids is 1. The highest BCUT2D eigenvalue weighted by atomic mass is 79.9. The molecule has 1 heterocycles. The number of benzene rings is 1. The zero-order valence-corrected chi connectivity index (χ0v) is 11.2. The van der Waals surface area contributed by atoms with Gasteiger partial charge in [0, 0.05) is 18.0 Å². The van der Waals surface area contributed by atoms with Crippen LogP contribution >= 0.6 is 15.9 Å². The first-order valence-electron chi connectivity index (χ1n) is 5.20. The minimum absolute atomic E-state index is 0.0364. The smallest absolute Gasteiger partial charge is 0.197 e. The second kappa shape index (κ2) is 4.98. The van der Waals surface area contributed by atoms with Crippen molar-refractivity contribution in [2.24, 2.45) is 0 Å². The fourth-order valence-electron chi connectivity index (χ4n) is 1.60. The van der Waals surface area contributed by atoms with Gasteiger partial charge in [0.25, 0.3) is 0 Å². The molecule has 0 bridgehead atoms. The van der Waals surface area contributed by atoms with Crippen LogP contribution in [0, 0.1) is 0 Å². The highest BCUT2D eigenvalue weighted by Crippen LogP contribution is 2.25. The van der Waals surface area contributed by atoms with Gasteiger partial charge in [0.05, 0.1) is 12.2 Å². The molecule has 0 atom stereocenters. The van der Waals surface area contributed by atoms with Crippen molar-refractivity contribution in [3.05, 3.63) is 28.1 Å². The summed E-state index contributed by atoms with van der Waals surface area (Å²) in [6.07, 6.45) is 0.597. The molecular formula is C12H12BrNO3. The summed E-state index contributed by atoms with van der Waals surface area (Å²) >= 11 is 3.35. The van der Waals surface area contributed by atoms with Gasteiger partial charge in [-0.1, -0.05) is 15.9 Å². The van der Waals surface area contributed by atoms with Crippen LogP contribution in [0.15, 0.2) is 21.0 Å². The van der Waals surface area contributed by atoms with Gasteiger partial charge in [0.1, 0.15) is 5.52 Å². The number of nitrogens with zero attached hydrogens (tertiary/aromatic N) is 1. The molecule has 0 N–H and O–H groups in total. The van der Waals surface area contributed by atoms with Gasteiger partial charge in [0.15, 0.2) is 17.3 Å². The standard InChI is InChI=1S/C12H12BrNO3/c1-7(15)9-5-8(13)6-10-12(9)17-11(14-10)3-4-16-2/h5-6H,3-4H2,1-2H3. The number of rotatable bonds is 4. The van der Waals surface area contributed by atoms with E-state index in [2.05, 4.69) is 20.9 Å². The Morgan fingerprint density at radius 2 is 2.29 bits per heavy atom. The summed E-state index contributed by atoms with van der Waals surface area (Å²) in [5.74, 6) is 0.549. The van der Waals surface area contributed by atoms with Crippen LogP contribution in [0.1, 0.15) is 23.2 Å². The Morgan fingerprint density at radius 3 is 2.94 bits per heavy atom. The van der Waals surface area contributed by atoms with E-state index in [-0.39, 0.29) is 5.78 Å². The minimum atomic E-state index is -0.0364. The maximum absolute atomic E-state index is 11.5. The first-order valence-corrected chi connectivity index (χ1v) is 6.00. The van der Waals surface area contributed by atoms with E-state index in [1.807, 2.05) is 6.07 Å². The van der Waals surface area contributed by atoms with Crippen LogP contribution in [0.5, 0.6) is 0 Å². The van der Waals surface area contributed by atoms with E-state index < -0.39 is 0 Å². The molecule has 0 aliphatic carbocycles. The van der Waals surface area contributed by atoms with Crippen molar-refractivity contribution in [3.8, 4) is 0 Å². The second-order valence-electron chi connectivity index (χ2n) is 3.71. The molecule has 0 amide bonds. The number of carbonyl (C=O) groups is 1. The first kappa shape index (κ1) is 12.3. The molecule has 1 aromatic heterocycles. The zero-order chi connectivity index (χ0) is 12.4. The number of hydrogen-bond acceptors (Lipinski definition) is 4. The Labute approximate surface area is 107 Å². The lowest BCUT2D eigenvalue weighted by Crippen LogP contribution is -1.93. The maximum atomic E-state index is 11.5. The Bertz CT molecular complexity index is 562. The molecule has 1 aromatic carbocycles. The molecule has 0 aliphatic rings. The molecule has 2 rings (SSSR count). The van der Waals surface area contributed by atoms with Crippen LogP contribution in [0.2, 0.25) is 0 Å². The molecule has 4 nitrogen and oxygen atoms in total. The van der Waals surface area contributed by atoms with Crippen molar-refractivity contribution in [2.45, 2.75) is 13.3 Å². The lowest BCUT2D eigenvalue weighted by atomic mass is 10.1. The van der Waals surface area contributed by atoms with E-state index in [9.17, 15) is 4.79 Å². The zero-order valence-electron chi connectivity index (χ0n) is 9.62. The van der Waals surface area contributed by atoms with Crippen molar-refractivity contribution in [2.75, 3.05) is 13.7 Å². The number of hydrogen-bond donors (Lipinski definition) is 0. The summed E-state index contributed by atoms with van der Waals surface area (Å²) < 4.78 is 11.4. The Balaban J connectivity index is 2.51. The van der Waals surface area contributed by atoms with Crippen LogP contribution in [-0.2, 0) is 11.2 Å². The molecule has 90 valence electrons. The number of halogens is 1. The summed E-state index contributed by atoms with van der Waals surface area (Å²) in [4.78, 5) is 15.8. The topological polar surface area (TPSA) is 52.3 Å². The van der Waals surface area contributed by atoms with Gasteiger partial charge < -0.3 is 9.15 Å². The molecule has 0 spiro atoms. The summed E-state index contributed by atoms with van der Waals surface area (Å²) in [6.45, 7) is 2.06. The fourth-order valence-corrected chi connectivity index (χ4v) is 2.05. The van der Waals surface area contributed by atoms with E-state index in [1.165, 1.54) is 6.92 Å². The van der Waals surface area contributed by atoms with Crippen LogP contribution in [0.25, 0.3) is 11.1 Å². The van der Waals surface area contributed by atoms with Crippen molar-refractivity contribution < 1.29 is 13.9 Å². The van der Waals surface area contributed by atoms with E-state index in [0.29, 0.717) is 35.6 Å². The number of methoxy groups -OCH3 is 1. The van der Waals surface area contributed by atoms with E-state index in [4.69, 9.17) is 9.15 Å². The number of oxazole rings is 1. The average molecular weight is 298 g/mol. The molecule has 0 unspecified atom stereocenters. The number of fused-ring (bicyclic) bond motifs is 1. The maximum Gasteiger partial charge on any atom is 0.197 e. The van der Waals surface area contributed by atoms with E-state index >= 15 is 0 Å². The SMILES string of the molecule is COCCc1nc2cc(Br)cc(C(C)=O)c2o1. The lowest BCUT2D eigenvalue weighted by Gasteiger charge is -1.97. The number of Topliss-reactive ketones (excluding diaryl/α,β-unsaturated/α-hetero) is 1. The van der Waals surface area contributed by atoms with Gasteiger partial charge in [-0.2, -0.15) is 0 Å². The molecule has 0 saturated carbocycles. The van der Waals surface area contributed by atoms with Crippen molar-refractivity contribution >= 4 is 32.8 Å².